The summed E-state index contributed by atoms with van der Waals surface area (Å²) in [4.78, 5) is 14.2. The van der Waals surface area contributed by atoms with Gasteiger partial charge in [-0.1, -0.05) is 11.6 Å². The van der Waals surface area contributed by atoms with E-state index >= 15 is 0 Å². The predicted octanol–water partition coefficient (Wildman–Crippen LogP) is 1.86. The van der Waals surface area contributed by atoms with Crippen LogP contribution in [0.15, 0.2) is 18.2 Å². The fourth-order valence-electron chi connectivity index (χ4n) is 2.43. The molecule has 1 aliphatic rings. The topological polar surface area (TPSA) is 53.6 Å². The summed E-state index contributed by atoms with van der Waals surface area (Å²) in [7, 11) is 0. The van der Waals surface area contributed by atoms with Gasteiger partial charge in [0, 0.05) is 37.7 Å². The molecule has 130 valence electrons. The number of carbonyl (C=O) groups is 1. The van der Waals surface area contributed by atoms with Crippen molar-refractivity contribution >= 4 is 29.9 Å². The third-order valence-electron chi connectivity index (χ3n) is 3.68. The predicted molar refractivity (Wildman–Crippen MR) is 95.9 cm³/mol. The molecule has 1 fully saturated rings. The molecule has 23 heavy (non-hydrogen) atoms. The highest BCUT2D eigenvalue weighted by Crippen LogP contribution is 2.21. The zero-order valence-corrected chi connectivity index (χ0v) is 15.0. The minimum absolute atomic E-state index is 0. The average molecular weight is 362 g/mol. The third-order valence-corrected chi connectivity index (χ3v) is 3.91. The highest BCUT2D eigenvalue weighted by atomic mass is 35.5. The highest BCUT2D eigenvalue weighted by molar-refractivity contribution is 6.30. The monoisotopic (exact) mass is 361 g/mol. The lowest BCUT2D eigenvalue weighted by atomic mass is 10.2. The van der Waals surface area contributed by atoms with E-state index in [1.807, 2.05) is 13.0 Å². The van der Waals surface area contributed by atoms with Gasteiger partial charge >= 0.3 is 0 Å². The second-order valence-electron chi connectivity index (χ2n) is 5.49. The molecule has 0 unspecified atom stereocenters. The summed E-state index contributed by atoms with van der Waals surface area (Å²) in [6.07, 6.45) is 0.964. The van der Waals surface area contributed by atoms with Crippen LogP contribution in [0.2, 0.25) is 5.02 Å². The Balaban J connectivity index is 0.00000264. The van der Waals surface area contributed by atoms with E-state index in [1.165, 1.54) is 0 Å². The number of aryl methyl sites for hydroxylation is 1. The van der Waals surface area contributed by atoms with Gasteiger partial charge in [-0.15, -0.1) is 12.4 Å². The molecule has 0 radical (unpaired) electrons. The van der Waals surface area contributed by atoms with Crippen molar-refractivity contribution in [1.29, 1.82) is 0 Å². The number of hydrogen-bond donors (Lipinski definition) is 2. The Morgan fingerprint density at radius 1 is 1.39 bits per heavy atom. The van der Waals surface area contributed by atoms with Crippen molar-refractivity contribution in [3.05, 3.63) is 28.8 Å². The number of nitrogens with zero attached hydrogens (tertiary/aromatic N) is 1. The second kappa shape index (κ2) is 10.7. The van der Waals surface area contributed by atoms with E-state index in [-0.39, 0.29) is 24.9 Å². The molecule has 0 bridgehead atoms. The van der Waals surface area contributed by atoms with Crippen LogP contribution in [0.5, 0.6) is 5.75 Å². The van der Waals surface area contributed by atoms with Crippen LogP contribution < -0.4 is 15.4 Å². The molecule has 1 aromatic rings. The maximum atomic E-state index is 11.8. The molecule has 2 rings (SSSR count). The van der Waals surface area contributed by atoms with E-state index in [1.54, 1.807) is 12.1 Å². The van der Waals surface area contributed by atoms with Crippen molar-refractivity contribution in [3.8, 4) is 5.75 Å². The Kier molecular flexibility index (Phi) is 9.33. The van der Waals surface area contributed by atoms with Gasteiger partial charge in [-0.3, -0.25) is 4.79 Å². The van der Waals surface area contributed by atoms with Crippen LogP contribution in [0.3, 0.4) is 0 Å². The van der Waals surface area contributed by atoms with E-state index in [9.17, 15) is 4.79 Å². The molecule has 1 saturated heterocycles. The van der Waals surface area contributed by atoms with Gasteiger partial charge in [0.1, 0.15) is 5.75 Å². The van der Waals surface area contributed by atoms with Gasteiger partial charge in [0.15, 0.2) is 6.61 Å². The molecule has 0 atom stereocenters. The fraction of sp³-hybridized carbons (Fsp3) is 0.562. The Hall–Kier alpha value is -1.01. The van der Waals surface area contributed by atoms with Gasteiger partial charge in [-0.2, -0.15) is 0 Å². The molecule has 0 saturated carbocycles. The molecule has 1 heterocycles. The minimum Gasteiger partial charge on any atom is -0.484 e. The number of piperazine rings is 1. The van der Waals surface area contributed by atoms with Gasteiger partial charge in [0.2, 0.25) is 0 Å². The number of rotatable bonds is 7. The molecular formula is C16H25Cl2N3O2. The summed E-state index contributed by atoms with van der Waals surface area (Å²) in [6, 6.07) is 5.37. The minimum atomic E-state index is -0.0883. The molecular weight excluding hydrogens is 337 g/mol. The Bertz CT molecular complexity index is 494. The van der Waals surface area contributed by atoms with Gasteiger partial charge in [-0.05, 0) is 43.7 Å². The summed E-state index contributed by atoms with van der Waals surface area (Å²) >= 11 is 5.89. The van der Waals surface area contributed by atoms with Crippen LogP contribution in [-0.2, 0) is 4.79 Å². The van der Waals surface area contributed by atoms with Crippen LogP contribution >= 0.6 is 24.0 Å². The Morgan fingerprint density at radius 3 is 2.83 bits per heavy atom. The number of nitrogens with one attached hydrogen (secondary N) is 2. The first-order chi connectivity index (χ1) is 10.6. The summed E-state index contributed by atoms with van der Waals surface area (Å²) in [5.74, 6) is 0.607. The number of halogens is 2. The molecule has 0 aromatic heterocycles. The van der Waals surface area contributed by atoms with Crippen LogP contribution in [0.1, 0.15) is 12.0 Å². The van der Waals surface area contributed by atoms with E-state index in [0.29, 0.717) is 17.3 Å². The number of amides is 1. The Morgan fingerprint density at radius 2 is 2.13 bits per heavy atom. The normalized spacial score (nSPS) is 14.9. The molecule has 5 nitrogen and oxygen atoms in total. The summed E-state index contributed by atoms with van der Waals surface area (Å²) < 4.78 is 5.51. The van der Waals surface area contributed by atoms with Crippen molar-refractivity contribution in [3.63, 3.8) is 0 Å². The second-order valence-corrected chi connectivity index (χ2v) is 5.93. The lowest BCUT2D eigenvalue weighted by Gasteiger charge is -2.27. The zero-order valence-electron chi connectivity index (χ0n) is 13.4. The van der Waals surface area contributed by atoms with E-state index in [4.69, 9.17) is 16.3 Å². The van der Waals surface area contributed by atoms with Crippen LogP contribution in [0.25, 0.3) is 0 Å². The maximum Gasteiger partial charge on any atom is 0.257 e. The first-order valence-electron chi connectivity index (χ1n) is 7.74. The maximum absolute atomic E-state index is 11.8. The van der Waals surface area contributed by atoms with Crippen molar-refractivity contribution < 1.29 is 9.53 Å². The van der Waals surface area contributed by atoms with Crippen molar-refractivity contribution in [1.82, 2.24) is 15.5 Å². The van der Waals surface area contributed by atoms with Crippen molar-refractivity contribution in [2.45, 2.75) is 13.3 Å². The van der Waals surface area contributed by atoms with Gasteiger partial charge < -0.3 is 20.3 Å². The highest BCUT2D eigenvalue weighted by Gasteiger charge is 2.09. The average Bonchev–Trinajstić information content (AvgIpc) is 2.52. The first kappa shape index (κ1) is 20.0. The van der Waals surface area contributed by atoms with Crippen LogP contribution in [0, 0.1) is 6.92 Å². The first-order valence-corrected chi connectivity index (χ1v) is 8.11. The zero-order chi connectivity index (χ0) is 15.8. The quantitative estimate of drug-likeness (QED) is 0.727. The standard InChI is InChI=1S/C16H24ClN3O2.ClH/c1-13-11-14(17)3-4-15(13)22-12-16(21)19-5-2-8-20-9-6-18-7-10-20;/h3-4,11,18H,2,5-10,12H2,1H3,(H,19,21);1H. The van der Waals surface area contributed by atoms with Crippen LogP contribution in [-0.4, -0.2) is 56.7 Å². The van der Waals surface area contributed by atoms with Gasteiger partial charge in [0.05, 0.1) is 0 Å². The Labute approximate surface area is 149 Å². The molecule has 1 amide bonds. The molecule has 2 N–H and O–H groups in total. The number of benzene rings is 1. The molecule has 0 aliphatic carbocycles. The van der Waals surface area contributed by atoms with Crippen LogP contribution in [0.4, 0.5) is 0 Å². The molecule has 0 spiro atoms. The fourth-order valence-corrected chi connectivity index (χ4v) is 2.66. The van der Waals surface area contributed by atoms with Crippen molar-refractivity contribution in [2.24, 2.45) is 0 Å². The van der Waals surface area contributed by atoms with E-state index in [2.05, 4.69) is 15.5 Å². The van der Waals surface area contributed by atoms with Gasteiger partial charge in [-0.25, -0.2) is 0 Å². The van der Waals surface area contributed by atoms with Gasteiger partial charge in [0.25, 0.3) is 5.91 Å². The summed E-state index contributed by atoms with van der Waals surface area (Å²) in [6.45, 7) is 7.95. The third kappa shape index (κ3) is 7.40. The number of carbonyl (C=O) groups excluding carboxylic acids is 1. The number of ether oxygens (including phenoxy) is 1. The van der Waals surface area contributed by atoms with E-state index < -0.39 is 0 Å². The summed E-state index contributed by atoms with van der Waals surface area (Å²) in [5.41, 5.74) is 0.930. The molecule has 7 heteroatoms. The van der Waals surface area contributed by atoms with E-state index in [0.717, 1.165) is 44.7 Å². The molecule has 1 aliphatic heterocycles. The smallest absolute Gasteiger partial charge is 0.257 e. The van der Waals surface area contributed by atoms with Crippen molar-refractivity contribution in [2.75, 3.05) is 45.9 Å². The lowest BCUT2D eigenvalue weighted by molar-refractivity contribution is -0.123. The summed E-state index contributed by atoms with van der Waals surface area (Å²) in [5, 5.41) is 6.89. The largest absolute Gasteiger partial charge is 0.484 e. The lowest BCUT2D eigenvalue weighted by Crippen LogP contribution is -2.44. The number of hydrogen-bond acceptors (Lipinski definition) is 4. The molecule has 1 aromatic carbocycles. The SMILES string of the molecule is Cc1cc(Cl)ccc1OCC(=O)NCCCN1CCNCC1.Cl.